The molecule has 3 nitrogen and oxygen atoms in total. The molecule has 0 atom stereocenters. The molecule has 0 unspecified atom stereocenters. The Labute approximate surface area is 115 Å². The summed E-state index contributed by atoms with van der Waals surface area (Å²) in [5.74, 6) is 0. The molecule has 2 aromatic heterocycles. The first-order valence-corrected chi connectivity index (χ1v) is 6.60. The molecule has 0 amide bonds. The molecule has 2 aromatic carbocycles. The van der Waals surface area contributed by atoms with Crippen molar-refractivity contribution in [3.63, 3.8) is 0 Å². The van der Waals surface area contributed by atoms with Gasteiger partial charge in [0, 0.05) is 27.8 Å². The second kappa shape index (κ2) is 3.73. The van der Waals surface area contributed by atoms with E-state index in [-0.39, 0.29) is 0 Å². The summed E-state index contributed by atoms with van der Waals surface area (Å²) in [5.41, 5.74) is 3.98. The third-order valence-corrected chi connectivity index (χ3v) is 4.05. The summed E-state index contributed by atoms with van der Waals surface area (Å²) in [6.45, 7) is 4.09. The van der Waals surface area contributed by atoms with Gasteiger partial charge in [0.05, 0.1) is 5.39 Å². The van der Waals surface area contributed by atoms with E-state index in [2.05, 4.69) is 6.07 Å². The van der Waals surface area contributed by atoms with Gasteiger partial charge in [-0.2, -0.15) is 4.73 Å². The minimum Gasteiger partial charge on any atom is -0.619 e. The Morgan fingerprint density at radius 3 is 2.60 bits per heavy atom. The highest BCUT2D eigenvalue weighted by atomic mass is 16.5. The predicted octanol–water partition coefficient (Wildman–Crippen LogP) is 3.99. The number of nitrogens with zero attached hydrogens (tertiary/aromatic N) is 1. The molecule has 0 radical (unpaired) electrons. The highest BCUT2D eigenvalue weighted by Gasteiger charge is 2.16. The average molecular weight is 263 g/mol. The lowest BCUT2D eigenvalue weighted by Gasteiger charge is -2.07. The molecule has 20 heavy (non-hydrogen) atoms. The second-order valence-electron chi connectivity index (χ2n) is 5.18. The zero-order chi connectivity index (χ0) is 13.9. The zero-order valence-corrected chi connectivity index (χ0v) is 11.3. The monoisotopic (exact) mass is 263 g/mol. The molecule has 0 N–H and O–H groups in total. The SMILES string of the molecule is Cc1c2cc[n+]([O-])cc2c(C)c2c1oc1ccccc12. The second-order valence-corrected chi connectivity index (χ2v) is 5.18. The molecule has 98 valence electrons. The van der Waals surface area contributed by atoms with Gasteiger partial charge >= 0.3 is 0 Å². The fourth-order valence-corrected chi connectivity index (χ4v) is 3.04. The summed E-state index contributed by atoms with van der Waals surface area (Å²) in [4.78, 5) is 0. The summed E-state index contributed by atoms with van der Waals surface area (Å²) >= 11 is 0. The van der Waals surface area contributed by atoms with E-state index in [1.54, 1.807) is 6.20 Å². The Kier molecular flexibility index (Phi) is 2.11. The molecule has 4 rings (SSSR count). The molecule has 0 saturated heterocycles. The van der Waals surface area contributed by atoms with Crippen molar-refractivity contribution in [1.82, 2.24) is 0 Å². The van der Waals surface area contributed by atoms with Gasteiger partial charge in [-0.25, -0.2) is 0 Å². The Balaban J connectivity index is 2.36. The Morgan fingerprint density at radius 2 is 1.75 bits per heavy atom. The van der Waals surface area contributed by atoms with Gasteiger partial charge in [-0.05, 0) is 25.5 Å². The molecule has 0 bridgehead atoms. The standard InChI is InChI=1S/C17H13NO2/c1-10-14-9-18(19)8-7-12(14)11(2)17-16(10)13-5-3-4-6-15(13)20-17/h3-9H,1-2H3. The number of hydrogen-bond donors (Lipinski definition) is 0. The lowest BCUT2D eigenvalue weighted by molar-refractivity contribution is -0.603. The maximum atomic E-state index is 11.6. The van der Waals surface area contributed by atoms with Crippen molar-refractivity contribution >= 4 is 32.7 Å². The van der Waals surface area contributed by atoms with Crippen LogP contribution in [-0.4, -0.2) is 0 Å². The van der Waals surface area contributed by atoms with E-state index in [0.29, 0.717) is 0 Å². The number of hydrogen-bond acceptors (Lipinski definition) is 2. The number of pyridine rings is 1. The number of benzene rings is 2. The van der Waals surface area contributed by atoms with Crippen LogP contribution < -0.4 is 4.73 Å². The van der Waals surface area contributed by atoms with E-state index in [1.807, 2.05) is 38.1 Å². The smallest absolute Gasteiger partial charge is 0.188 e. The molecule has 4 aromatic rings. The van der Waals surface area contributed by atoms with Crippen molar-refractivity contribution in [2.75, 3.05) is 0 Å². The van der Waals surface area contributed by atoms with Crippen LogP contribution in [0.5, 0.6) is 0 Å². The van der Waals surface area contributed by atoms with Gasteiger partial charge < -0.3 is 9.62 Å². The Morgan fingerprint density at radius 1 is 0.950 bits per heavy atom. The Hall–Kier alpha value is -2.55. The van der Waals surface area contributed by atoms with E-state index in [9.17, 15) is 5.21 Å². The maximum absolute atomic E-state index is 11.6. The van der Waals surface area contributed by atoms with Gasteiger partial charge in [-0.15, -0.1) is 0 Å². The van der Waals surface area contributed by atoms with Crippen LogP contribution in [0.25, 0.3) is 32.7 Å². The van der Waals surface area contributed by atoms with Crippen LogP contribution in [0.1, 0.15) is 11.1 Å². The molecule has 0 aliphatic rings. The maximum Gasteiger partial charge on any atom is 0.188 e. The molecule has 0 aliphatic heterocycles. The fraction of sp³-hybridized carbons (Fsp3) is 0.118. The summed E-state index contributed by atoms with van der Waals surface area (Å²) < 4.78 is 6.87. The zero-order valence-electron chi connectivity index (χ0n) is 11.3. The topological polar surface area (TPSA) is 40.1 Å². The number of para-hydroxylation sites is 1. The lowest BCUT2D eigenvalue weighted by Crippen LogP contribution is -2.23. The van der Waals surface area contributed by atoms with Crippen molar-refractivity contribution in [3.8, 4) is 0 Å². The molecule has 0 aliphatic carbocycles. The number of aryl methyl sites for hydroxylation is 2. The van der Waals surface area contributed by atoms with Crippen LogP contribution >= 0.6 is 0 Å². The quantitative estimate of drug-likeness (QED) is 0.355. The molecule has 0 saturated carbocycles. The third kappa shape index (κ3) is 1.32. The van der Waals surface area contributed by atoms with Crippen LogP contribution in [0.3, 0.4) is 0 Å². The van der Waals surface area contributed by atoms with Gasteiger partial charge in [0.15, 0.2) is 12.4 Å². The highest BCUT2D eigenvalue weighted by molar-refractivity contribution is 6.14. The average Bonchev–Trinajstić information content (AvgIpc) is 2.84. The third-order valence-electron chi connectivity index (χ3n) is 4.05. The predicted molar refractivity (Wildman–Crippen MR) is 79.7 cm³/mol. The molecule has 0 spiro atoms. The highest BCUT2D eigenvalue weighted by Crippen LogP contribution is 2.37. The van der Waals surface area contributed by atoms with E-state index in [1.165, 1.54) is 6.20 Å². The summed E-state index contributed by atoms with van der Waals surface area (Å²) in [7, 11) is 0. The molecular formula is C17H13NO2. The largest absolute Gasteiger partial charge is 0.619 e. The van der Waals surface area contributed by atoms with Gasteiger partial charge in [0.25, 0.3) is 0 Å². The van der Waals surface area contributed by atoms with E-state index in [0.717, 1.165) is 48.6 Å². The first-order valence-electron chi connectivity index (χ1n) is 6.60. The fourth-order valence-electron chi connectivity index (χ4n) is 3.04. The molecule has 0 fully saturated rings. The van der Waals surface area contributed by atoms with Crippen molar-refractivity contribution in [1.29, 1.82) is 0 Å². The minimum absolute atomic E-state index is 0.850. The minimum atomic E-state index is 0.850. The lowest BCUT2D eigenvalue weighted by atomic mass is 9.97. The summed E-state index contributed by atoms with van der Waals surface area (Å²) in [6, 6.07) is 9.88. The van der Waals surface area contributed by atoms with Crippen LogP contribution in [0.15, 0.2) is 47.1 Å². The van der Waals surface area contributed by atoms with Gasteiger partial charge in [0.1, 0.15) is 11.2 Å². The van der Waals surface area contributed by atoms with Crippen molar-refractivity contribution < 1.29 is 9.15 Å². The van der Waals surface area contributed by atoms with Gasteiger partial charge in [-0.1, -0.05) is 18.2 Å². The van der Waals surface area contributed by atoms with E-state index < -0.39 is 0 Å². The van der Waals surface area contributed by atoms with Crippen molar-refractivity contribution in [2.24, 2.45) is 0 Å². The summed E-state index contributed by atoms with van der Waals surface area (Å²) in [5, 5.41) is 15.8. The van der Waals surface area contributed by atoms with E-state index >= 15 is 0 Å². The Bertz CT molecular complexity index is 983. The number of furan rings is 1. The van der Waals surface area contributed by atoms with Gasteiger partial charge in [0.2, 0.25) is 0 Å². The van der Waals surface area contributed by atoms with Crippen LogP contribution in [0, 0.1) is 19.1 Å². The number of fused-ring (bicyclic) bond motifs is 4. The normalized spacial score (nSPS) is 11.7. The molecule has 3 heteroatoms. The molecular weight excluding hydrogens is 250 g/mol. The van der Waals surface area contributed by atoms with Crippen LogP contribution in [0.2, 0.25) is 0 Å². The van der Waals surface area contributed by atoms with Crippen LogP contribution in [0.4, 0.5) is 0 Å². The van der Waals surface area contributed by atoms with Crippen molar-refractivity contribution in [2.45, 2.75) is 13.8 Å². The molecule has 2 heterocycles. The first kappa shape index (κ1) is 11.3. The number of aromatic nitrogens is 1. The van der Waals surface area contributed by atoms with Gasteiger partial charge in [-0.3, -0.25) is 0 Å². The first-order chi connectivity index (χ1) is 9.66. The van der Waals surface area contributed by atoms with Crippen molar-refractivity contribution in [3.05, 3.63) is 59.1 Å². The van der Waals surface area contributed by atoms with Crippen LogP contribution in [-0.2, 0) is 0 Å². The summed E-state index contributed by atoms with van der Waals surface area (Å²) in [6.07, 6.45) is 3.17. The van der Waals surface area contributed by atoms with E-state index in [4.69, 9.17) is 4.42 Å². The number of rotatable bonds is 0.